The van der Waals surface area contributed by atoms with Gasteiger partial charge in [0, 0.05) is 12.8 Å². The molecule has 0 rings (SSSR count). The first kappa shape index (κ1) is 15.4. The number of carboxylic acids is 1. The zero-order valence-electron chi connectivity index (χ0n) is 10.4. The molecule has 17 heavy (non-hydrogen) atoms. The number of carbonyl (C=O) groups is 2. The molecule has 0 bridgehead atoms. The lowest BCUT2D eigenvalue weighted by molar-refractivity contribution is -0.145. The lowest BCUT2D eigenvalue weighted by Gasteiger charge is -2.14. The van der Waals surface area contributed by atoms with E-state index in [0.29, 0.717) is 19.3 Å². The third-order valence-corrected chi connectivity index (χ3v) is 2.17. The maximum Gasteiger partial charge on any atom is 0.305 e. The van der Waals surface area contributed by atoms with Crippen molar-refractivity contribution >= 4 is 11.9 Å². The van der Waals surface area contributed by atoms with Crippen molar-refractivity contribution in [2.24, 2.45) is 5.41 Å². The highest BCUT2D eigenvalue weighted by Gasteiger charge is 2.19. The van der Waals surface area contributed by atoms with E-state index in [2.05, 4.69) is 0 Å². The Bertz CT molecular complexity index is 304. The van der Waals surface area contributed by atoms with Crippen molar-refractivity contribution in [1.29, 1.82) is 5.26 Å². The van der Waals surface area contributed by atoms with E-state index in [1.54, 1.807) is 13.8 Å². The van der Waals surface area contributed by atoms with Crippen LogP contribution in [0.25, 0.3) is 0 Å². The summed E-state index contributed by atoms with van der Waals surface area (Å²) in [6, 6.07) is 2.04. The molecule has 0 fully saturated rings. The SMILES string of the molecule is CC(C)(C#N)COC(=O)CCCCCC(=O)O. The third-order valence-electron chi connectivity index (χ3n) is 2.17. The Morgan fingerprint density at radius 2 is 1.82 bits per heavy atom. The standard InChI is InChI=1S/C12H19NO4/c1-12(2,8-13)9-17-11(16)7-5-3-4-6-10(14)15/h3-7,9H2,1-2H3,(H,14,15). The summed E-state index contributed by atoms with van der Waals surface area (Å²) < 4.78 is 4.95. The molecule has 0 unspecified atom stereocenters. The van der Waals surface area contributed by atoms with E-state index in [-0.39, 0.29) is 25.4 Å². The second-order valence-electron chi connectivity index (χ2n) is 4.61. The molecule has 0 spiro atoms. The fourth-order valence-electron chi connectivity index (χ4n) is 1.09. The number of hydrogen-bond acceptors (Lipinski definition) is 4. The molecule has 0 radical (unpaired) electrons. The smallest absolute Gasteiger partial charge is 0.305 e. The van der Waals surface area contributed by atoms with Gasteiger partial charge >= 0.3 is 11.9 Å². The number of rotatable bonds is 8. The summed E-state index contributed by atoms with van der Waals surface area (Å²) in [4.78, 5) is 21.5. The number of esters is 1. The van der Waals surface area contributed by atoms with Crippen LogP contribution < -0.4 is 0 Å². The second kappa shape index (κ2) is 7.66. The first-order valence-corrected chi connectivity index (χ1v) is 5.66. The average Bonchev–Trinajstić information content (AvgIpc) is 2.26. The van der Waals surface area contributed by atoms with Crippen LogP contribution >= 0.6 is 0 Å². The Morgan fingerprint density at radius 1 is 1.24 bits per heavy atom. The lowest BCUT2D eigenvalue weighted by Crippen LogP contribution is -2.19. The molecule has 1 N–H and O–H groups in total. The largest absolute Gasteiger partial charge is 0.481 e. The van der Waals surface area contributed by atoms with Gasteiger partial charge in [0.2, 0.25) is 0 Å². The van der Waals surface area contributed by atoms with Crippen molar-refractivity contribution in [3.05, 3.63) is 0 Å². The molecule has 96 valence electrons. The van der Waals surface area contributed by atoms with Crippen molar-refractivity contribution in [1.82, 2.24) is 0 Å². The maximum absolute atomic E-state index is 11.3. The Balaban J connectivity index is 3.55. The van der Waals surface area contributed by atoms with Gasteiger partial charge in [-0.15, -0.1) is 0 Å². The monoisotopic (exact) mass is 241 g/mol. The Hall–Kier alpha value is -1.57. The fourth-order valence-corrected chi connectivity index (χ4v) is 1.09. The highest BCUT2D eigenvalue weighted by Crippen LogP contribution is 2.14. The summed E-state index contributed by atoms with van der Waals surface area (Å²) >= 11 is 0. The Morgan fingerprint density at radius 3 is 2.35 bits per heavy atom. The van der Waals surface area contributed by atoms with E-state index in [0.717, 1.165) is 0 Å². The van der Waals surface area contributed by atoms with Gasteiger partial charge in [-0.3, -0.25) is 9.59 Å². The first-order valence-electron chi connectivity index (χ1n) is 5.66. The zero-order chi connectivity index (χ0) is 13.3. The van der Waals surface area contributed by atoms with Gasteiger partial charge in [-0.1, -0.05) is 6.42 Å². The average molecular weight is 241 g/mol. The number of carbonyl (C=O) groups excluding carboxylic acids is 1. The predicted molar refractivity (Wildman–Crippen MR) is 61.1 cm³/mol. The third kappa shape index (κ3) is 9.36. The first-order chi connectivity index (χ1) is 7.87. The molecule has 0 amide bonds. The number of nitriles is 1. The zero-order valence-corrected chi connectivity index (χ0v) is 10.4. The molecule has 0 aromatic heterocycles. The molecule has 0 heterocycles. The van der Waals surface area contributed by atoms with Crippen LogP contribution in [-0.4, -0.2) is 23.7 Å². The molecule has 0 saturated heterocycles. The van der Waals surface area contributed by atoms with Gasteiger partial charge in [-0.2, -0.15) is 5.26 Å². The molecular formula is C12H19NO4. The summed E-state index contributed by atoms with van der Waals surface area (Å²) in [5, 5.41) is 17.1. The predicted octanol–water partition coefficient (Wildman–Crippen LogP) is 2.11. The van der Waals surface area contributed by atoms with E-state index in [9.17, 15) is 9.59 Å². The summed E-state index contributed by atoms with van der Waals surface area (Å²) in [6.45, 7) is 3.50. The number of hydrogen-bond donors (Lipinski definition) is 1. The number of carboxylic acid groups (broad SMARTS) is 1. The molecule has 5 nitrogen and oxygen atoms in total. The van der Waals surface area contributed by atoms with Gasteiger partial charge in [0.25, 0.3) is 0 Å². The van der Waals surface area contributed by atoms with Crippen LogP contribution in [0.15, 0.2) is 0 Å². The fraction of sp³-hybridized carbons (Fsp3) is 0.750. The topological polar surface area (TPSA) is 87.4 Å². The van der Waals surface area contributed by atoms with Crippen LogP contribution in [0.1, 0.15) is 46.0 Å². The van der Waals surface area contributed by atoms with Gasteiger partial charge < -0.3 is 9.84 Å². The van der Waals surface area contributed by atoms with E-state index < -0.39 is 11.4 Å². The molecule has 0 atom stereocenters. The van der Waals surface area contributed by atoms with Gasteiger partial charge in [-0.25, -0.2) is 0 Å². The van der Waals surface area contributed by atoms with E-state index >= 15 is 0 Å². The minimum absolute atomic E-state index is 0.0947. The van der Waals surface area contributed by atoms with Crippen molar-refractivity contribution in [2.75, 3.05) is 6.61 Å². The van der Waals surface area contributed by atoms with Gasteiger partial charge in [-0.05, 0) is 26.7 Å². The summed E-state index contributed by atoms with van der Waals surface area (Å²) in [7, 11) is 0. The molecule has 0 saturated carbocycles. The maximum atomic E-state index is 11.3. The van der Waals surface area contributed by atoms with Crippen LogP contribution in [0.3, 0.4) is 0 Å². The molecular weight excluding hydrogens is 222 g/mol. The van der Waals surface area contributed by atoms with Crippen molar-refractivity contribution in [2.45, 2.75) is 46.0 Å². The van der Waals surface area contributed by atoms with E-state index in [1.807, 2.05) is 6.07 Å². The Labute approximate surface area is 101 Å². The second-order valence-corrected chi connectivity index (χ2v) is 4.61. The van der Waals surface area contributed by atoms with Gasteiger partial charge in [0.15, 0.2) is 0 Å². The molecule has 5 heteroatoms. The van der Waals surface area contributed by atoms with Crippen LogP contribution in [0, 0.1) is 16.7 Å². The number of nitrogens with zero attached hydrogens (tertiary/aromatic N) is 1. The number of ether oxygens (including phenoxy) is 1. The molecule has 0 aliphatic carbocycles. The van der Waals surface area contributed by atoms with Crippen molar-refractivity contribution < 1.29 is 19.4 Å². The lowest BCUT2D eigenvalue weighted by atomic mass is 9.98. The number of aliphatic carboxylic acids is 1. The minimum Gasteiger partial charge on any atom is -0.481 e. The Kier molecular flexibility index (Phi) is 6.95. The van der Waals surface area contributed by atoms with Gasteiger partial charge in [0.05, 0.1) is 11.5 Å². The quantitative estimate of drug-likeness (QED) is 0.519. The summed E-state index contributed by atoms with van der Waals surface area (Å²) in [5.74, 6) is -1.15. The van der Waals surface area contributed by atoms with Gasteiger partial charge in [0.1, 0.15) is 6.61 Å². The van der Waals surface area contributed by atoms with Crippen LogP contribution in [-0.2, 0) is 14.3 Å². The molecule has 0 aliphatic heterocycles. The molecule has 0 aromatic rings. The summed E-state index contributed by atoms with van der Waals surface area (Å²) in [6.07, 6.45) is 2.31. The van der Waals surface area contributed by atoms with Crippen LogP contribution in [0.4, 0.5) is 0 Å². The highest BCUT2D eigenvalue weighted by molar-refractivity contribution is 5.69. The van der Waals surface area contributed by atoms with Crippen LogP contribution in [0.2, 0.25) is 0 Å². The molecule has 0 aliphatic rings. The normalized spacial score (nSPS) is 10.6. The number of unbranched alkanes of at least 4 members (excludes halogenated alkanes) is 2. The van der Waals surface area contributed by atoms with Crippen molar-refractivity contribution in [3.63, 3.8) is 0 Å². The highest BCUT2D eigenvalue weighted by atomic mass is 16.5. The minimum atomic E-state index is -0.816. The molecule has 0 aromatic carbocycles. The van der Waals surface area contributed by atoms with E-state index in [4.69, 9.17) is 15.1 Å². The van der Waals surface area contributed by atoms with Crippen LogP contribution in [0.5, 0.6) is 0 Å². The summed E-state index contributed by atoms with van der Waals surface area (Å²) in [5.41, 5.74) is -0.654. The van der Waals surface area contributed by atoms with E-state index in [1.165, 1.54) is 0 Å². The van der Waals surface area contributed by atoms with Crippen molar-refractivity contribution in [3.8, 4) is 6.07 Å².